The lowest BCUT2D eigenvalue weighted by molar-refractivity contribution is -0.742. The van der Waals surface area contributed by atoms with Gasteiger partial charge in [-0.15, -0.1) is 10.1 Å². The minimum absolute atomic E-state index is 0.203. The summed E-state index contributed by atoms with van der Waals surface area (Å²) in [5.41, 5.74) is 0.323. The molecule has 0 aliphatic carbocycles. The molecule has 0 aliphatic heterocycles. The third-order valence-corrected chi connectivity index (χ3v) is 3.29. The molecule has 26 heavy (non-hydrogen) atoms. The summed E-state index contributed by atoms with van der Waals surface area (Å²) in [4.78, 5) is 8.36. The van der Waals surface area contributed by atoms with Crippen LogP contribution < -0.4 is 10.1 Å². The highest BCUT2D eigenvalue weighted by atomic mass is 19.4. The Kier molecular flexibility index (Phi) is 8.36. The van der Waals surface area contributed by atoms with Crippen molar-refractivity contribution in [3.05, 3.63) is 75.8 Å². The van der Waals surface area contributed by atoms with Crippen molar-refractivity contribution in [2.24, 2.45) is 0 Å². The quantitative estimate of drug-likeness (QED) is 0.589. The maximum absolute atomic E-state index is 12.6. The Morgan fingerprint density at radius 3 is 2.15 bits per heavy atom. The molecular weight excluding hydrogens is 353 g/mol. The van der Waals surface area contributed by atoms with Gasteiger partial charge in [0.05, 0.1) is 5.56 Å². The molecule has 0 saturated heterocycles. The van der Waals surface area contributed by atoms with E-state index < -0.39 is 16.8 Å². The number of nitrogens with zero attached hydrogens (tertiary/aromatic N) is 1. The lowest BCUT2D eigenvalue weighted by Crippen LogP contribution is -2.16. The molecule has 0 aliphatic rings. The smallest absolute Gasteiger partial charge is 0.416 e. The Hall–Kier alpha value is -2.81. The van der Waals surface area contributed by atoms with Gasteiger partial charge in [-0.25, -0.2) is 0 Å². The minimum Gasteiger partial charge on any atom is -0.486 e. The van der Waals surface area contributed by atoms with Crippen molar-refractivity contribution in [3.8, 4) is 5.75 Å². The Balaban J connectivity index is 0.000000765. The first-order valence-electron chi connectivity index (χ1n) is 7.60. The normalized spacial score (nSPS) is 11.8. The highest BCUT2D eigenvalue weighted by Gasteiger charge is 2.30. The molecule has 0 fully saturated rings. The van der Waals surface area contributed by atoms with Crippen molar-refractivity contribution in [2.45, 2.75) is 18.7 Å². The van der Waals surface area contributed by atoms with E-state index in [9.17, 15) is 13.2 Å². The van der Waals surface area contributed by atoms with E-state index in [1.54, 1.807) is 0 Å². The fraction of sp³-hybridized carbons (Fsp3) is 0.294. The van der Waals surface area contributed by atoms with Crippen molar-refractivity contribution in [2.75, 3.05) is 13.6 Å². The van der Waals surface area contributed by atoms with Crippen molar-refractivity contribution >= 4 is 0 Å². The number of halogens is 3. The van der Waals surface area contributed by atoms with Gasteiger partial charge in [0.2, 0.25) is 0 Å². The van der Waals surface area contributed by atoms with Crippen LogP contribution in [0.1, 0.15) is 23.7 Å². The summed E-state index contributed by atoms with van der Waals surface area (Å²) in [7, 11) is 1.85. The maximum atomic E-state index is 12.6. The average molecular weight is 372 g/mol. The van der Waals surface area contributed by atoms with Crippen LogP contribution in [-0.4, -0.2) is 23.9 Å². The molecule has 2 rings (SSSR count). The summed E-state index contributed by atoms with van der Waals surface area (Å²) in [6, 6.07) is 14.4. The van der Waals surface area contributed by atoms with Crippen molar-refractivity contribution in [1.82, 2.24) is 5.32 Å². The van der Waals surface area contributed by atoms with E-state index in [2.05, 4.69) is 5.32 Å². The van der Waals surface area contributed by atoms with Gasteiger partial charge >= 0.3 is 6.18 Å². The largest absolute Gasteiger partial charge is 0.486 e. The van der Waals surface area contributed by atoms with Crippen molar-refractivity contribution in [1.29, 1.82) is 0 Å². The number of hydrogen-bond donors (Lipinski definition) is 2. The first-order chi connectivity index (χ1) is 12.2. The molecule has 0 bridgehead atoms. The molecule has 0 saturated carbocycles. The lowest BCUT2D eigenvalue weighted by atomic mass is 10.1. The fourth-order valence-corrected chi connectivity index (χ4v) is 2.12. The fourth-order valence-electron chi connectivity index (χ4n) is 2.12. The molecule has 9 heteroatoms. The molecule has 2 aromatic carbocycles. The van der Waals surface area contributed by atoms with Gasteiger partial charge in [0.15, 0.2) is 0 Å². The second-order valence-electron chi connectivity index (χ2n) is 5.17. The first-order valence-corrected chi connectivity index (χ1v) is 7.60. The van der Waals surface area contributed by atoms with E-state index >= 15 is 0 Å². The Labute approximate surface area is 148 Å². The molecule has 0 radical (unpaired) electrons. The second kappa shape index (κ2) is 10.2. The SMILES string of the molecule is CNCCC(Oc1ccc(C(F)(F)F)cc1)c1ccccc1.O=[N+]([O-])O. The number of rotatable bonds is 6. The van der Waals surface area contributed by atoms with Gasteiger partial charge in [0, 0.05) is 6.42 Å². The van der Waals surface area contributed by atoms with Crippen LogP contribution in [0.15, 0.2) is 54.6 Å². The van der Waals surface area contributed by atoms with Crippen LogP contribution in [0.5, 0.6) is 5.75 Å². The van der Waals surface area contributed by atoms with Gasteiger partial charge in [-0.3, -0.25) is 0 Å². The van der Waals surface area contributed by atoms with Crippen molar-refractivity contribution < 1.29 is 28.2 Å². The predicted octanol–water partition coefficient (Wildman–Crippen LogP) is 4.09. The van der Waals surface area contributed by atoms with Gasteiger partial charge in [0.1, 0.15) is 11.9 Å². The molecule has 2 aromatic rings. The molecular formula is C17H19F3N2O4. The highest BCUT2D eigenvalue weighted by Crippen LogP contribution is 2.31. The summed E-state index contributed by atoms with van der Waals surface area (Å²) in [6.07, 6.45) is -3.81. The first kappa shape index (κ1) is 21.2. The van der Waals surface area contributed by atoms with Crippen LogP contribution in [0.3, 0.4) is 0 Å². The van der Waals surface area contributed by atoms with Crippen LogP contribution in [0, 0.1) is 10.1 Å². The summed E-state index contributed by atoms with van der Waals surface area (Å²) >= 11 is 0. The van der Waals surface area contributed by atoms with Gasteiger partial charge in [-0.05, 0) is 43.4 Å². The average Bonchev–Trinajstić information content (AvgIpc) is 2.58. The summed E-state index contributed by atoms with van der Waals surface area (Å²) in [6.45, 7) is 0.750. The minimum atomic E-state index is -4.33. The number of ether oxygens (including phenoxy) is 1. The van der Waals surface area contributed by atoms with E-state index in [1.165, 1.54) is 12.1 Å². The number of alkyl halides is 3. The Bertz CT molecular complexity index is 660. The number of benzene rings is 2. The van der Waals surface area contributed by atoms with Crippen LogP contribution in [0.25, 0.3) is 0 Å². The molecule has 0 spiro atoms. The van der Waals surface area contributed by atoms with E-state index in [1.807, 2.05) is 37.4 Å². The summed E-state index contributed by atoms with van der Waals surface area (Å²) < 4.78 is 43.6. The van der Waals surface area contributed by atoms with Gasteiger partial charge in [0.25, 0.3) is 5.09 Å². The molecule has 142 valence electrons. The zero-order valence-electron chi connectivity index (χ0n) is 13.9. The Morgan fingerprint density at radius 2 is 1.69 bits per heavy atom. The molecule has 6 nitrogen and oxygen atoms in total. The second-order valence-corrected chi connectivity index (χ2v) is 5.17. The molecule has 1 atom stereocenters. The maximum Gasteiger partial charge on any atom is 0.416 e. The van der Waals surface area contributed by atoms with Crippen molar-refractivity contribution in [3.63, 3.8) is 0 Å². The third-order valence-electron chi connectivity index (χ3n) is 3.29. The molecule has 1 unspecified atom stereocenters. The molecule has 2 N–H and O–H groups in total. The molecule has 0 heterocycles. The standard InChI is InChI=1S/C17H18F3NO.HNO3/c1-21-12-11-16(13-5-3-2-4-6-13)22-15-9-7-14(8-10-15)17(18,19)20;2-1(3)4/h2-10,16,21H,11-12H2,1H3;(H,2,3,4). The zero-order chi connectivity index (χ0) is 19.6. The zero-order valence-corrected chi connectivity index (χ0v) is 13.9. The monoisotopic (exact) mass is 372 g/mol. The lowest BCUT2D eigenvalue weighted by Gasteiger charge is -2.20. The number of hydrogen-bond acceptors (Lipinski definition) is 4. The summed E-state index contributed by atoms with van der Waals surface area (Å²) in [5, 5.41) is 16.7. The van der Waals surface area contributed by atoms with Crippen LogP contribution in [0.4, 0.5) is 13.2 Å². The van der Waals surface area contributed by atoms with E-state index in [0.717, 1.165) is 30.7 Å². The predicted molar refractivity (Wildman–Crippen MR) is 88.6 cm³/mol. The van der Waals surface area contributed by atoms with E-state index in [0.29, 0.717) is 5.75 Å². The van der Waals surface area contributed by atoms with Crippen LogP contribution >= 0.6 is 0 Å². The van der Waals surface area contributed by atoms with Crippen LogP contribution in [-0.2, 0) is 6.18 Å². The van der Waals surface area contributed by atoms with Crippen LogP contribution in [0.2, 0.25) is 0 Å². The van der Waals surface area contributed by atoms with Gasteiger partial charge in [-0.2, -0.15) is 13.2 Å². The molecule has 0 aromatic heterocycles. The Morgan fingerprint density at radius 1 is 1.15 bits per heavy atom. The van der Waals surface area contributed by atoms with E-state index in [-0.39, 0.29) is 6.10 Å². The molecule has 0 amide bonds. The summed E-state index contributed by atoms with van der Waals surface area (Å²) in [5.74, 6) is 0.429. The van der Waals surface area contributed by atoms with Gasteiger partial charge in [-0.1, -0.05) is 30.3 Å². The van der Waals surface area contributed by atoms with Gasteiger partial charge < -0.3 is 15.3 Å². The topological polar surface area (TPSA) is 84.6 Å². The third kappa shape index (κ3) is 7.84. The number of nitrogens with one attached hydrogen (secondary N) is 1. The highest BCUT2D eigenvalue weighted by molar-refractivity contribution is 5.30. The van der Waals surface area contributed by atoms with E-state index in [4.69, 9.17) is 20.1 Å².